The Morgan fingerprint density at radius 2 is 2.00 bits per heavy atom. The van der Waals surface area contributed by atoms with Gasteiger partial charge >= 0.3 is 5.97 Å². The predicted molar refractivity (Wildman–Crippen MR) is 57.4 cm³/mol. The largest absolute Gasteiger partial charge is 0.508 e. The normalized spacial score (nSPS) is 9.88. The van der Waals surface area contributed by atoms with Crippen LogP contribution in [0.5, 0.6) is 5.75 Å². The van der Waals surface area contributed by atoms with Crippen LogP contribution < -0.4 is 0 Å². The molecule has 0 saturated heterocycles. The lowest BCUT2D eigenvalue weighted by atomic mass is 10.1. The van der Waals surface area contributed by atoms with Gasteiger partial charge in [0.05, 0.1) is 0 Å². The highest BCUT2D eigenvalue weighted by atomic mass is 16.4. The van der Waals surface area contributed by atoms with E-state index in [1.807, 2.05) is 0 Å². The Morgan fingerprint density at radius 3 is 2.50 bits per heavy atom. The molecular weight excluding hydrogens is 210 g/mol. The molecule has 0 fully saturated rings. The van der Waals surface area contributed by atoms with Gasteiger partial charge in [-0.3, -0.25) is 9.59 Å². The summed E-state index contributed by atoms with van der Waals surface area (Å²) >= 11 is 0. The van der Waals surface area contributed by atoms with Crippen LogP contribution in [-0.4, -0.2) is 40.6 Å². The summed E-state index contributed by atoms with van der Waals surface area (Å²) in [6, 6.07) is 4.34. The van der Waals surface area contributed by atoms with E-state index in [4.69, 9.17) is 5.11 Å². The third-order valence-corrected chi connectivity index (χ3v) is 2.16. The van der Waals surface area contributed by atoms with E-state index in [0.717, 1.165) is 4.90 Å². The summed E-state index contributed by atoms with van der Waals surface area (Å²) < 4.78 is 0. The summed E-state index contributed by atoms with van der Waals surface area (Å²) in [6.07, 6.45) is 0. The molecule has 86 valence electrons. The number of rotatable bonds is 3. The summed E-state index contributed by atoms with van der Waals surface area (Å²) in [6.45, 7) is 1.33. The van der Waals surface area contributed by atoms with Crippen LogP contribution in [0.15, 0.2) is 18.2 Å². The topological polar surface area (TPSA) is 77.8 Å². The molecular formula is C11H13NO4. The molecule has 1 amide bonds. The summed E-state index contributed by atoms with van der Waals surface area (Å²) in [7, 11) is 1.42. The maximum atomic E-state index is 11.8. The Bertz CT molecular complexity index is 428. The highest BCUT2D eigenvalue weighted by Gasteiger charge is 2.16. The van der Waals surface area contributed by atoms with Crippen LogP contribution >= 0.6 is 0 Å². The molecule has 0 aliphatic rings. The molecule has 5 nitrogen and oxygen atoms in total. The van der Waals surface area contributed by atoms with Gasteiger partial charge < -0.3 is 15.1 Å². The van der Waals surface area contributed by atoms with Gasteiger partial charge in [-0.15, -0.1) is 0 Å². The molecule has 0 aromatic heterocycles. The minimum atomic E-state index is -1.06. The van der Waals surface area contributed by atoms with E-state index in [0.29, 0.717) is 11.1 Å². The summed E-state index contributed by atoms with van der Waals surface area (Å²) in [5.41, 5.74) is 1.00. The molecule has 0 unspecified atom stereocenters. The molecule has 0 atom stereocenters. The first-order valence-electron chi connectivity index (χ1n) is 4.68. The molecule has 1 aromatic carbocycles. The van der Waals surface area contributed by atoms with Gasteiger partial charge in [0, 0.05) is 12.6 Å². The lowest BCUT2D eigenvalue weighted by molar-refractivity contribution is -0.137. The first-order chi connectivity index (χ1) is 7.41. The number of aliphatic carboxylic acids is 1. The first kappa shape index (κ1) is 12.0. The van der Waals surface area contributed by atoms with Crippen LogP contribution in [0.4, 0.5) is 0 Å². The molecule has 16 heavy (non-hydrogen) atoms. The standard InChI is InChI=1S/C11H13NO4/c1-7-5-8(13)3-4-9(7)11(16)12(2)6-10(14)15/h3-5,13H,6H2,1-2H3,(H,14,15). The van der Waals surface area contributed by atoms with Crippen LogP contribution in [0.1, 0.15) is 15.9 Å². The molecule has 0 bridgehead atoms. The van der Waals surface area contributed by atoms with Crippen molar-refractivity contribution in [3.8, 4) is 5.75 Å². The summed E-state index contributed by atoms with van der Waals surface area (Å²) in [5, 5.41) is 17.7. The fourth-order valence-corrected chi connectivity index (χ4v) is 1.37. The average molecular weight is 223 g/mol. The molecule has 0 spiro atoms. The Labute approximate surface area is 92.9 Å². The quantitative estimate of drug-likeness (QED) is 0.796. The van der Waals surface area contributed by atoms with E-state index in [9.17, 15) is 14.7 Å². The number of hydrogen-bond donors (Lipinski definition) is 2. The molecule has 5 heteroatoms. The van der Waals surface area contributed by atoms with Gasteiger partial charge in [0.15, 0.2) is 0 Å². The number of carboxylic acid groups (broad SMARTS) is 1. The monoisotopic (exact) mass is 223 g/mol. The molecule has 1 aromatic rings. The zero-order valence-electron chi connectivity index (χ0n) is 9.10. The smallest absolute Gasteiger partial charge is 0.323 e. The Morgan fingerprint density at radius 1 is 1.38 bits per heavy atom. The number of amides is 1. The van der Waals surface area contributed by atoms with Gasteiger partial charge in [-0.2, -0.15) is 0 Å². The number of phenols is 1. The zero-order chi connectivity index (χ0) is 12.3. The number of aromatic hydroxyl groups is 1. The molecule has 0 aliphatic heterocycles. The maximum Gasteiger partial charge on any atom is 0.323 e. The lowest BCUT2D eigenvalue weighted by Gasteiger charge is -2.15. The van der Waals surface area contributed by atoms with E-state index in [1.54, 1.807) is 6.92 Å². The van der Waals surface area contributed by atoms with Crippen molar-refractivity contribution < 1.29 is 19.8 Å². The average Bonchev–Trinajstić information content (AvgIpc) is 2.15. The van der Waals surface area contributed by atoms with Gasteiger partial charge in [-0.1, -0.05) is 0 Å². The molecule has 2 N–H and O–H groups in total. The van der Waals surface area contributed by atoms with Crippen molar-refractivity contribution in [1.29, 1.82) is 0 Å². The fraction of sp³-hybridized carbons (Fsp3) is 0.273. The molecule has 0 heterocycles. The second-order valence-electron chi connectivity index (χ2n) is 3.55. The first-order valence-corrected chi connectivity index (χ1v) is 4.68. The maximum absolute atomic E-state index is 11.8. The van der Waals surface area contributed by atoms with Crippen molar-refractivity contribution in [2.75, 3.05) is 13.6 Å². The lowest BCUT2D eigenvalue weighted by Crippen LogP contribution is -2.32. The van der Waals surface area contributed by atoms with Gasteiger partial charge in [-0.25, -0.2) is 0 Å². The highest BCUT2D eigenvalue weighted by molar-refractivity contribution is 5.97. The number of benzene rings is 1. The number of carboxylic acids is 1. The second kappa shape index (κ2) is 4.65. The second-order valence-corrected chi connectivity index (χ2v) is 3.55. The van der Waals surface area contributed by atoms with Crippen molar-refractivity contribution in [3.05, 3.63) is 29.3 Å². The van der Waals surface area contributed by atoms with Gasteiger partial charge in [0.25, 0.3) is 5.91 Å². The van der Waals surface area contributed by atoms with E-state index in [1.165, 1.54) is 25.2 Å². The van der Waals surface area contributed by atoms with E-state index >= 15 is 0 Å². The van der Waals surface area contributed by atoms with Gasteiger partial charge in [0.1, 0.15) is 12.3 Å². The number of hydrogen-bond acceptors (Lipinski definition) is 3. The minimum Gasteiger partial charge on any atom is -0.508 e. The number of carbonyl (C=O) groups excluding carboxylic acids is 1. The van der Waals surface area contributed by atoms with Crippen molar-refractivity contribution in [2.24, 2.45) is 0 Å². The van der Waals surface area contributed by atoms with E-state index in [2.05, 4.69) is 0 Å². The number of phenolic OH excluding ortho intramolecular Hbond substituents is 1. The number of carbonyl (C=O) groups is 2. The molecule has 0 aliphatic carbocycles. The summed E-state index contributed by atoms with van der Waals surface area (Å²) in [4.78, 5) is 23.4. The van der Waals surface area contributed by atoms with E-state index in [-0.39, 0.29) is 18.2 Å². The third kappa shape index (κ3) is 2.73. The SMILES string of the molecule is Cc1cc(O)ccc1C(=O)N(C)CC(=O)O. The van der Waals surface area contributed by atoms with Gasteiger partial charge in [0.2, 0.25) is 0 Å². The highest BCUT2D eigenvalue weighted by Crippen LogP contribution is 2.16. The Kier molecular flexibility index (Phi) is 3.50. The Balaban J connectivity index is 2.92. The molecule has 1 rings (SSSR count). The number of aryl methyl sites for hydroxylation is 1. The Hall–Kier alpha value is -2.04. The van der Waals surface area contributed by atoms with Crippen molar-refractivity contribution >= 4 is 11.9 Å². The predicted octanol–water partition coefficient (Wildman–Crippen LogP) is 0.857. The number of nitrogens with zero attached hydrogens (tertiary/aromatic N) is 1. The van der Waals surface area contributed by atoms with Crippen LogP contribution in [0.3, 0.4) is 0 Å². The van der Waals surface area contributed by atoms with Crippen LogP contribution in [0.25, 0.3) is 0 Å². The van der Waals surface area contributed by atoms with Crippen LogP contribution in [-0.2, 0) is 4.79 Å². The van der Waals surface area contributed by atoms with Crippen molar-refractivity contribution in [2.45, 2.75) is 6.92 Å². The fourth-order valence-electron chi connectivity index (χ4n) is 1.37. The minimum absolute atomic E-state index is 0.0786. The number of likely N-dealkylation sites (N-methyl/N-ethyl adjacent to an activating group) is 1. The van der Waals surface area contributed by atoms with Crippen LogP contribution in [0.2, 0.25) is 0 Å². The van der Waals surface area contributed by atoms with Crippen LogP contribution in [0, 0.1) is 6.92 Å². The van der Waals surface area contributed by atoms with E-state index < -0.39 is 5.97 Å². The summed E-state index contributed by atoms with van der Waals surface area (Å²) in [5.74, 6) is -1.36. The van der Waals surface area contributed by atoms with Crippen molar-refractivity contribution in [1.82, 2.24) is 4.90 Å². The van der Waals surface area contributed by atoms with Crippen molar-refractivity contribution in [3.63, 3.8) is 0 Å². The molecule has 0 saturated carbocycles. The third-order valence-electron chi connectivity index (χ3n) is 2.16. The van der Waals surface area contributed by atoms with Gasteiger partial charge in [-0.05, 0) is 30.7 Å². The molecule has 0 radical (unpaired) electrons. The zero-order valence-corrected chi connectivity index (χ0v) is 9.10.